The van der Waals surface area contributed by atoms with E-state index < -0.39 is 0 Å². The average molecular weight is 240 g/mol. The van der Waals surface area contributed by atoms with Crippen molar-refractivity contribution in [3.63, 3.8) is 0 Å². The molecule has 2 aliphatic rings. The molecule has 4 heteroatoms. The summed E-state index contributed by atoms with van der Waals surface area (Å²) in [5, 5.41) is 3.32. The smallest absolute Gasteiger partial charge is 0.324 e. The number of ether oxygens (including phenoxy) is 1. The highest BCUT2D eigenvalue weighted by molar-refractivity contribution is 5.77. The van der Waals surface area contributed by atoms with Crippen LogP contribution in [0.3, 0.4) is 0 Å². The summed E-state index contributed by atoms with van der Waals surface area (Å²) in [6, 6.07) is -0.00340. The third-order valence-electron chi connectivity index (χ3n) is 3.26. The summed E-state index contributed by atoms with van der Waals surface area (Å²) in [4.78, 5) is 14.5. The van der Waals surface area contributed by atoms with Crippen molar-refractivity contribution < 1.29 is 9.53 Å². The van der Waals surface area contributed by atoms with E-state index in [1.165, 1.54) is 12.8 Å². The van der Waals surface area contributed by atoms with E-state index in [1.807, 2.05) is 20.8 Å². The zero-order chi connectivity index (χ0) is 12.5. The first kappa shape index (κ1) is 12.8. The second-order valence-corrected chi connectivity index (χ2v) is 6.10. The van der Waals surface area contributed by atoms with Crippen LogP contribution in [0.5, 0.6) is 0 Å². The number of nitrogens with zero attached hydrogens (tertiary/aromatic N) is 1. The highest BCUT2D eigenvalue weighted by atomic mass is 16.6. The zero-order valence-electron chi connectivity index (χ0n) is 11.2. The lowest BCUT2D eigenvalue weighted by Gasteiger charge is -2.35. The molecule has 2 fully saturated rings. The van der Waals surface area contributed by atoms with Crippen molar-refractivity contribution in [1.29, 1.82) is 0 Å². The van der Waals surface area contributed by atoms with Gasteiger partial charge in [-0.15, -0.1) is 0 Å². The van der Waals surface area contributed by atoms with E-state index in [4.69, 9.17) is 4.74 Å². The van der Waals surface area contributed by atoms with Crippen molar-refractivity contribution >= 4 is 5.97 Å². The molecular formula is C13H24N2O2. The Bertz CT molecular complexity index is 276. The summed E-state index contributed by atoms with van der Waals surface area (Å²) < 4.78 is 5.55. The largest absolute Gasteiger partial charge is 0.459 e. The molecule has 1 saturated carbocycles. The Morgan fingerprint density at radius 2 is 1.88 bits per heavy atom. The third kappa shape index (κ3) is 3.68. The van der Waals surface area contributed by atoms with E-state index in [9.17, 15) is 4.79 Å². The number of hydrogen-bond donors (Lipinski definition) is 1. The van der Waals surface area contributed by atoms with Crippen LogP contribution >= 0.6 is 0 Å². The highest BCUT2D eigenvalue weighted by Gasteiger charge is 2.42. The lowest BCUT2D eigenvalue weighted by Crippen LogP contribution is -2.53. The molecule has 1 N–H and O–H groups in total. The molecule has 1 heterocycles. The first-order chi connectivity index (χ1) is 7.97. The van der Waals surface area contributed by atoms with Crippen molar-refractivity contribution in [2.24, 2.45) is 5.92 Å². The first-order valence-electron chi connectivity index (χ1n) is 6.65. The molecule has 0 bridgehead atoms. The molecule has 0 aromatic heterocycles. The number of esters is 1. The minimum absolute atomic E-state index is 0.00340. The summed E-state index contributed by atoms with van der Waals surface area (Å²) >= 11 is 0. The van der Waals surface area contributed by atoms with Crippen molar-refractivity contribution in [2.45, 2.75) is 45.3 Å². The number of rotatable bonds is 3. The molecule has 2 rings (SSSR count). The number of nitrogens with one attached hydrogen (secondary N) is 1. The van der Waals surface area contributed by atoms with Crippen molar-refractivity contribution in [3.05, 3.63) is 0 Å². The number of hydrogen-bond acceptors (Lipinski definition) is 4. The normalized spacial score (nSPS) is 24.4. The maximum Gasteiger partial charge on any atom is 0.324 e. The number of piperazine rings is 1. The Hall–Kier alpha value is -0.610. The van der Waals surface area contributed by atoms with Crippen LogP contribution < -0.4 is 5.32 Å². The summed E-state index contributed by atoms with van der Waals surface area (Å²) in [6.07, 6.45) is 2.35. The third-order valence-corrected chi connectivity index (χ3v) is 3.26. The van der Waals surface area contributed by atoms with E-state index in [-0.39, 0.29) is 17.6 Å². The fraction of sp³-hybridized carbons (Fsp3) is 0.923. The van der Waals surface area contributed by atoms with Gasteiger partial charge in [-0.1, -0.05) is 0 Å². The lowest BCUT2D eigenvalue weighted by atomic mass is 10.1. The molecule has 0 amide bonds. The van der Waals surface area contributed by atoms with Crippen LogP contribution in [0.25, 0.3) is 0 Å². The topological polar surface area (TPSA) is 41.6 Å². The van der Waals surface area contributed by atoms with Gasteiger partial charge in [0.2, 0.25) is 0 Å². The lowest BCUT2D eigenvalue weighted by molar-refractivity contribution is -0.162. The Labute approximate surface area is 104 Å². The van der Waals surface area contributed by atoms with Gasteiger partial charge in [-0.3, -0.25) is 9.69 Å². The Morgan fingerprint density at radius 3 is 2.35 bits per heavy atom. The van der Waals surface area contributed by atoms with Gasteiger partial charge in [-0.25, -0.2) is 0 Å². The Kier molecular flexibility index (Phi) is 3.73. The van der Waals surface area contributed by atoms with Crippen LogP contribution in [0.2, 0.25) is 0 Å². The molecule has 4 nitrogen and oxygen atoms in total. The van der Waals surface area contributed by atoms with Gasteiger partial charge in [0.1, 0.15) is 11.6 Å². The van der Waals surface area contributed by atoms with Gasteiger partial charge in [0.05, 0.1) is 0 Å². The maximum absolute atomic E-state index is 12.3. The maximum atomic E-state index is 12.3. The second-order valence-electron chi connectivity index (χ2n) is 6.10. The molecule has 17 heavy (non-hydrogen) atoms. The first-order valence-corrected chi connectivity index (χ1v) is 6.65. The summed E-state index contributed by atoms with van der Waals surface area (Å²) in [6.45, 7) is 9.69. The summed E-state index contributed by atoms with van der Waals surface area (Å²) in [5.41, 5.74) is -0.377. The molecule has 0 spiro atoms. The molecule has 0 aromatic rings. The second kappa shape index (κ2) is 4.94. The zero-order valence-corrected chi connectivity index (χ0v) is 11.2. The van der Waals surface area contributed by atoms with Crippen LogP contribution in [0, 0.1) is 5.92 Å². The van der Waals surface area contributed by atoms with Crippen LogP contribution in [0.4, 0.5) is 0 Å². The van der Waals surface area contributed by atoms with Gasteiger partial charge >= 0.3 is 5.97 Å². The van der Waals surface area contributed by atoms with E-state index in [2.05, 4.69) is 10.2 Å². The van der Waals surface area contributed by atoms with E-state index in [0.717, 1.165) is 26.2 Å². The molecule has 1 aliphatic carbocycles. The van der Waals surface area contributed by atoms with Crippen LogP contribution in [0.1, 0.15) is 33.6 Å². The van der Waals surface area contributed by atoms with Crippen molar-refractivity contribution in [2.75, 3.05) is 26.2 Å². The molecule has 1 atom stereocenters. The highest BCUT2D eigenvalue weighted by Crippen LogP contribution is 2.36. The molecule has 1 saturated heterocycles. The van der Waals surface area contributed by atoms with Crippen LogP contribution in [-0.2, 0) is 9.53 Å². The molecule has 1 unspecified atom stereocenters. The molecular weight excluding hydrogens is 216 g/mol. The standard InChI is InChI=1S/C13H24N2O2/c1-13(2,3)17-12(16)11(10-4-5-10)15-8-6-14-7-9-15/h10-11,14H,4-9H2,1-3H3. The van der Waals surface area contributed by atoms with E-state index >= 15 is 0 Å². The number of carbonyl (C=O) groups excluding carboxylic acids is 1. The van der Waals surface area contributed by atoms with Gasteiger partial charge in [0.15, 0.2) is 0 Å². The van der Waals surface area contributed by atoms with Gasteiger partial charge in [0, 0.05) is 26.2 Å². The predicted molar refractivity (Wildman–Crippen MR) is 66.8 cm³/mol. The summed E-state index contributed by atoms with van der Waals surface area (Å²) in [7, 11) is 0. The molecule has 0 aromatic carbocycles. The van der Waals surface area contributed by atoms with E-state index in [0.29, 0.717) is 5.92 Å². The molecule has 1 aliphatic heterocycles. The molecule has 98 valence electrons. The van der Waals surface area contributed by atoms with Gasteiger partial charge < -0.3 is 10.1 Å². The van der Waals surface area contributed by atoms with Crippen LogP contribution in [0.15, 0.2) is 0 Å². The van der Waals surface area contributed by atoms with Gasteiger partial charge in [0.25, 0.3) is 0 Å². The fourth-order valence-corrected chi connectivity index (χ4v) is 2.37. The molecule has 0 radical (unpaired) electrons. The van der Waals surface area contributed by atoms with Gasteiger partial charge in [-0.05, 0) is 39.5 Å². The van der Waals surface area contributed by atoms with Crippen molar-refractivity contribution in [1.82, 2.24) is 10.2 Å². The SMILES string of the molecule is CC(C)(C)OC(=O)C(C1CC1)N1CCNCC1. The summed E-state index contributed by atoms with van der Waals surface area (Å²) in [5.74, 6) is 0.504. The predicted octanol–water partition coefficient (Wildman–Crippen LogP) is 1.01. The van der Waals surface area contributed by atoms with Crippen LogP contribution in [-0.4, -0.2) is 48.7 Å². The fourth-order valence-electron chi connectivity index (χ4n) is 2.37. The number of carbonyl (C=O) groups is 1. The average Bonchev–Trinajstić information content (AvgIpc) is 3.01. The van der Waals surface area contributed by atoms with E-state index in [1.54, 1.807) is 0 Å². The Balaban J connectivity index is 1.98. The monoisotopic (exact) mass is 240 g/mol. The quantitative estimate of drug-likeness (QED) is 0.748. The van der Waals surface area contributed by atoms with Gasteiger partial charge in [-0.2, -0.15) is 0 Å². The van der Waals surface area contributed by atoms with Crippen molar-refractivity contribution in [3.8, 4) is 0 Å². The Morgan fingerprint density at radius 1 is 1.29 bits per heavy atom. The minimum Gasteiger partial charge on any atom is -0.459 e. The minimum atomic E-state index is -0.377.